The van der Waals surface area contributed by atoms with Gasteiger partial charge in [-0.3, -0.25) is 9.88 Å². The van der Waals surface area contributed by atoms with Gasteiger partial charge in [-0.15, -0.1) is 0 Å². The highest BCUT2D eigenvalue weighted by Gasteiger charge is 2.21. The molecular formula is C21H21N3O4. The number of benzene rings is 1. The van der Waals surface area contributed by atoms with E-state index < -0.39 is 0 Å². The zero-order valence-corrected chi connectivity index (χ0v) is 15.6. The minimum absolute atomic E-state index is 0.384. The first kappa shape index (κ1) is 18.3. The molecule has 1 aromatic carbocycles. The van der Waals surface area contributed by atoms with Crippen LogP contribution < -0.4 is 4.74 Å². The van der Waals surface area contributed by atoms with Gasteiger partial charge < -0.3 is 18.7 Å². The molecule has 7 heteroatoms. The Morgan fingerprint density at radius 2 is 2.11 bits per heavy atom. The van der Waals surface area contributed by atoms with Crippen LogP contribution >= 0.6 is 0 Å². The van der Waals surface area contributed by atoms with Crippen LogP contribution in [0.4, 0.5) is 0 Å². The standard InChI is InChI=1S/C21H21N3O4/c1-15-20(23-21(27-15)17-3-2-8-22-13-17)16-4-6-18(7-5-16)28-19-14-24(9-11-25)10-12-26-19/h2-8,11,13,19H,9-10,12,14H2,1H3. The number of pyridine rings is 1. The zero-order valence-electron chi connectivity index (χ0n) is 15.6. The van der Waals surface area contributed by atoms with Crippen LogP contribution in [0.25, 0.3) is 22.7 Å². The molecule has 0 amide bonds. The zero-order chi connectivity index (χ0) is 19.3. The molecule has 3 aromatic rings. The largest absolute Gasteiger partial charge is 0.464 e. The number of aromatic nitrogens is 2. The van der Waals surface area contributed by atoms with Gasteiger partial charge in [-0.1, -0.05) is 0 Å². The number of morpholine rings is 1. The molecule has 4 rings (SSSR count). The lowest BCUT2D eigenvalue weighted by Crippen LogP contribution is -2.45. The van der Waals surface area contributed by atoms with Crippen LogP contribution in [0.1, 0.15) is 5.76 Å². The maximum atomic E-state index is 10.7. The van der Waals surface area contributed by atoms with E-state index in [1.165, 1.54) is 0 Å². The summed E-state index contributed by atoms with van der Waals surface area (Å²) in [5.41, 5.74) is 2.57. The van der Waals surface area contributed by atoms with Gasteiger partial charge in [-0.25, -0.2) is 4.98 Å². The van der Waals surface area contributed by atoms with Crippen molar-refractivity contribution in [2.75, 3.05) is 26.2 Å². The SMILES string of the molecule is Cc1oc(-c2cccnc2)nc1-c1ccc(OC2CN(CC=O)CCO2)cc1. The predicted octanol–water partition coefficient (Wildman–Crippen LogP) is 2.95. The quantitative estimate of drug-likeness (QED) is 0.609. The van der Waals surface area contributed by atoms with E-state index in [-0.39, 0.29) is 6.29 Å². The number of ether oxygens (including phenoxy) is 2. The molecule has 0 radical (unpaired) electrons. The molecule has 2 aromatic heterocycles. The first-order chi connectivity index (χ1) is 13.7. The molecule has 1 fully saturated rings. The average molecular weight is 379 g/mol. The number of rotatable bonds is 6. The fourth-order valence-corrected chi connectivity index (χ4v) is 3.13. The molecule has 0 spiro atoms. The number of carbonyl (C=O) groups is 1. The summed E-state index contributed by atoms with van der Waals surface area (Å²) in [4.78, 5) is 21.4. The Morgan fingerprint density at radius 3 is 2.86 bits per heavy atom. The highest BCUT2D eigenvalue weighted by atomic mass is 16.7. The Kier molecular flexibility index (Phi) is 5.45. The summed E-state index contributed by atoms with van der Waals surface area (Å²) in [6, 6.07) is 11.4. The van der Waals surface area contributed by atoms with Gasteiger partial charge in [0, 0.05) is 24.5 Å². The predicted molar refractivity (Wildman–Crippen MR) is 103 cm³/mol. The van der Waals surface area contributed by atoms with Crippen LogP contribution in [0.5, 0.6) is 5.75 Å². The van der Waals surface area contributed by atoms with Crippen LogP contribution in [-0.2, 0) is 9.53 Å². The maximum absolute atomic E-state index is 10.7. The normalized spacial score (nSPS) is 17.4. The fraction of sp³-hybridized carbons (Fsp3) is 0.286. The molecule has 1 aliphatic rings. The Balaban J connectivity index is 1.46. The lowest BCUT2D eigenvalue weighted by Gasteiger charge is -2.31. The van der Waals surface area contributed by atoms with E-state index in [1.807, 2.05) is 48.2 Å². The summed E-state index contributed by atoms with van der Waals surface area (Å²) in [6.45, 7) is 4.14. The third-order valence-electron chi connectivity index (χ3n) is 4.55. The van der Waals surface area contributed by atoms with Gasteiger partial charge in [0.05, 0.1) is 25.3 Å². The Bertz CT molecular complexity index is 925. The van der Waals surface area contributed by atoms with Crippen molar-refractivity contribution in [1.82, 2.24) is 14.9 Å². The van der Waals surface area contributed by atoms with E-state index in [4.69, 9.17) is 13.9 Å². The minimum Gasteiger partial charge on any atom is -0.464 e. The number of hydrogen-bond acceptors (Lipinski definition) is 7. The summed E-state index contributed by atoms with van der Waals surface area (Å²) in [7, 11) is 0. The van der Waals surface area contributed by atoms with Crippen molar-refractivity contribution in [3.8, 4) is 28.5 Å². The van der Waals surface area contributed by atoms with E-state index in [1.54, 1.807) is 12.4 Å². The van der Waals surface area contributed by atoms with E-state index in [9.17, 15) is 4.79 Å². The number of aryl methyl sites for hydroxylation is 1. The Labute approximate surface area is 162 Å². The average Bonchev–Trinajstić information content (AvgIpc) is 3.12. The van der Waals surface area contributed by atoms with Crippen LogP contribution in [0, 0.1) is 6.92 Å². The lowest BCUT2D eigenvalue weighted by molar-refractivity contribution is -0.134. The molecule has 3 heterocycles. The Morgan fingerprint density at radius 1 is 1.25 bits per heavy atom. The van der Waals surface area contributed by atoms with Crippen molar-refractivity contribution in [2.24, 2.45) is 0 Å². The van der Waals surface area contributed by atoms with Crippen molar-refractivity contribution < 1.29 is 18.7 Å². The van der Waals surface area contributed by atoms with Crippen molar-refractivity contribution >= 4 is 6.29 Å². The van der Waals surface area contributed by atoms with Gasteiger partial charge >= 0.3 is 0 Å². The summed E-state index contributed by atoms with van der Waals surface area (Å²) in [5.74, 6) is 2.00. The second kappa shape index (κ2) is 8.33. The van der Waals surface area contributed by atoms with Crippen LogP contribution in [-0.4, -0.2) is 53.7 Å². The van der Waals surface area contributed by atoms with E-state index in [0.29, 0.717) is 31.3 Å². The molecule has 0 saturated carbocycles. The van der Waals surface area contributed by atoms with Gasteiger partial charge in [0.2, 0.25) is 12.2 Å². The third-order valence-corrected chi connectivity index (χ3v) is 4.55. The van der Waals surface area contributed by atoms with Crippen LogP contribution in [0.15, 0.2) is 53.2 Å². The van der Waals surface area contributed by atoms with E-state index in [2.05, 4.69) is 9.97 Å². The molecule has 144 valence electrons. The molecule has 0 N–H and O–H groups in total. The molecule has 1 aliphatic heterocycles. The van der Waals surface area contributed by atoms with Crippen LogP contribution in [0.3, 0.4) is 0 Å². The van der Waals surface area contributed by atoms with Crippen molar-refractivity contribution in [1.29, 1.82) is 0 Å². The topological polar surface area (TPSA) is 77.7 Å². The van der Waals surface area contributed by atoms with Crippen molar-refractivity contribution in [3.63, 3.8) is 0 Å². The summed E-state index contributed by atoms with van der Waals surface area (Å²) < 4.78 is 17.3. The number of carbonyl (C=O) groups excluding carboxylic acids is 1. The minimum atomic E-state index is -0.384. The van der Waals surface area contributed by atoms with Crippen molar-refractivity contribution in [3.05, 3.63) is 54.6 Å². The second-order valence-electron chi connectivity index (χ2n) is 6.53. The van der Waals surface area contributed by atoms with Gasteiger partial charge in [0.1, 0.15) is 23.5 Å². The Hall–Kier alpha value is -3.03. The van der Waals surface area contributed by atoms with Gasteiger partial charge in [-0.05, 0) is 43.3 Å². The van der Waals surface area contributed by atoms with Gasteiger partial charge in [0.25, 0.3) is 0 Å². The number of oxazole rings is 1. The highest BCUT2D eigenvalue weighted by molar-refractivity contribution is 5.65. The second-order valence-corrected chi connectivity index (χ2v) is 6.53. The molecule has 28 heavy (non-hydrogen) atoms. The molecule has 1 atom stereocenters. The molecular weight excluding hydrogens is 358 g/mol. The third kappa shape index (κ3) is 4.11. The summed E-state index contributed by atoms with van der Waals surface area (Å²) >= 11 is 0. The smallest absolute Gasteiger partial charge is 0.228 e. The van der Waals surface area contributed by atoms with Crippen LogP contribution in [0.2, 0.25) is 0 Å². The summed E-state index contributed by atoms with van der Waals surface area (Å²) in [6.07, 6.45) is 3.96. The molecule has 1 saturated heterocycles. The van der Waals surface area contributed by atoms with E-state index in [0.717, 1.165) is 35.4 Å². The molecule has 1 unspecified atom stereocenters. The van der Waals surface area contributed by atoms with Gasteiger partial charge in [0.15, 0.2) is 0 Å². The fourth-order valence-electron chi connectivity index (χ4n) is 3.13. The number of hydrogen-bond donors (Lipinski definition) is 0. The maximum Gasteiger partial charge on any atom is 0.228 e. The van der Waals surface area contributed by atoms with Gasteiger partial charge in [-0.2, -0.15) is 0 Å². The first-order valence-electron chi connectivity index (χ1n) is 9.15. The molecule has 0 aliphatic carbocycles. The molecule has 7 nitrogen and oxygen atoms in total. The summed E-state index contributed by atoms with van der Waals surface area (Å²) in [5, 5.41) is 0. The van der Waals surface area contributed by atoms with E-state index >= 15 is 0 Å². The van der Waals surface area contributed by atoms with Crippen molar-refractivity contribution in [2.45, 2.75) is 13.2 Å². The lowest BCUT2D eigenvalue weighted by atomic mass is 10.1. The highest BCUT2D eigenvalue weighted by Crippen LogP contribution is 2.29. The molecule has 0 bridgehead atoms. The monoisotopic (exact) mass is 379 g/mol. The number of aldehydes is 1. The number of nitrogens with zero attached hydrogens (tertiary/aromatic N) is 3. The first-order valence-corrected chi connectivity index (χ1v) is 9.15.